The van der Waals surface area contributed by atoms with Gasteiger partial charge in [-0.2, -0.15) is 5.10 Å². The summed E-state index contributed by atoms with van der Waals surface area (Å²) in [4.78, 5) is 24.3. The van der Waals surface area contributed by atoms with Crippen LogP contribution in [0.2, 0.25) is 10.0 Å². The maximum absolute atomic E-state index is 12.2. The Balaban J connectivity index is 1.58. The van der Waals surface area contributed by atoms with Crippen molar-refractivity contribution in [3.8, 4) is 5.75 Å². The lowest BCUT2D eigenvalue weighted by molar-refractivity contribution is -0.120. The first-order valence-corrected chi connectivity index (χ1v) is 11.0. The van der Waals surface area contributed by atoms with E-state index in [0.29, 0.717) is 27.0 Å². The molecule has 0 aliphatic carbocycles. The van der Waals surface area contributed by atoms with Crippen LogP contribution in [0.25, 0.3) is 0 Å². The number of hydrogen-bond donors (Lipinski definition) is 2. The van der Waals surface area contributed by atoms with E-state index in [9.17, 15) is 9.59 Å². The van der Waals surface area contributed by atoms with Gasteiger partial charge in [0, 0.05) is 15.7 Å². The highest BCUT2D eigenvalue weighted by Gasteiger charge is 2.09. The molecule has 9 heteroatoms. The molecule has 32 heavy (non-hydrogen) atoms. The van der Waals surface area contributed by atoms with Crippen LogP contribution in [0, 0.1) is 0 Å². The van der Waals surface area contributed by atoms with Gasteiger partial charge in [0.2, 0.25) is 5.91 Å². The van der Waals surface area contributed by atoms with E-state index < -0.39 is 0 Å². The molecule has 2 N–H and O–H groups in total. The predicted octanol–water partition coefficient (Wildman–Crippen LogP) is 5.47. The largest absolute Gasteiger partial charge is 0.483 e. The molecule has 0 unspecified atom stereocenters. The number of hydrazone groups is 1. The SMILES string of the molecule is O=C(Cc1ccccc1)N/N=C/c1cc(Br)ccc1OCC(=O)Nc1ccc(Cl)c(Cl)c1. The fourth-order valence-corrected chi connectivity index (χ4v) is 3.34. The average molecular weight is 535 g/mol. The molecule has 0 spiro atoms. The number of rotatable bonds is 8. The molecule has 0 aromatic heterocycles. The number of nitrogens with one attached hydrogen (secondary N) is 2. The molecule has 0 atom stereocenters. The topological polar surface area (TPSA) is 79.8 Å². The zero-order chi connectivity index (χ0) is 22.9. The van der Waals surface area contributed by atoms with Gasteiger partial charge in [-0.15, -0.1) is 0 Å². The predicted molar refractivity (Wildman–Crippen MR) is 131 cm³/mol. The average Bonchev–Trinajstić information content (AvgIpc) is 2.76. The van der Waals surface area contributed by atoms with Crippen LogP contribution in [0.5, 0.6) is 5.75 Å². The summed E-state index contributed by atoms with van der Waals surface area (Å²) in [6, 6.07) is 19.4. The molecule has 0 saturated heterocycles. The minimum absolute atomic E-state index is 0.217. The first-order valence-electron chi connectivity index (χ1n) is 9.44. The van der Waals surface area contributed by atoms with Gasteiger partial charge in [0.25, 0.3) is 5.91 Å². The van der Waals surface area contributed by atoms with Crippen molar-refractivity contribution in [1.29, 1.82) is 0 Å². The van der Waals surface area contributed by atoms with Crippen LogP contribution < -0.4 is 15.5 Å². The molecule has 3 rings (SSSR count). The second-order valence-corrected chi connectivity index (χ2v) is 8.33. The smallest absolute Gasteiger partial charge is 0.262 e. The molecule has 0 aliphatic heterocycles. The Morgan fingerprint density at radius 3 is 2.50 bits per heavy atom. The van der Waals surface area contributed by atoms with Crippen molar-refractivity contribution in [2.45, 2.75) is 6.42 Å². The molecule has 0 bridgehead atoms. The summed E-state index contributed by atoms with van der Waals surface area (Å²) in [6.45, 7) is -0.233. The monoisotopic (exact) mass is 533 g/mol. The van der Waals surface area contributed by atoms with Gasteiger partial charge in [0.15, 0.2) is 6.61 Å². The lowest BCUT2D eigenvalue weighted by Crippen LogP contribution is -2.21. The zero-order valence-electron chi connectivity index (χ0n) is 16.6. The van der Waals surface area contributed by atoms with Crippen LogP contribution in [0.15, 0.2) is 76.3 Å². The zero-order valence-corrected chi connectivity index (χ0v) is 19.7. The first-order chi connectivity index (χ1) is 15.4. The highest BCUT2D eigenvalue weighted by molar-refractivity contribution is 9.10. The van der Waals surface area contributed by atoms with E-state index in [1.165, 1.54) is 6.21 Å². The van der Waals surface area contributed by atoms with Crippen LogP contribution in [0.1, 0.15) is 11.1 Å². The molecule has 0 aliphatic rings. The van der Waals surface area contributed by atoms with Crippen molar-refractivity contribution < 1.29 is 14.3 Å². The van der Waals surface area contributed by atoms with E-state index in [0.717, 1.165) is 10.0 Å². The van der Waals surface area contributed by atoms with Gasteiger partial charge in [0.05, 0.1) is 22.7 Å². The van der Waals surface area contributed by atoms with E-state index in [1.54, 1.807) is 36.4 Å². The van der Waals surface area contributed by atoms with Gasteiger partial charge in [-0.1, -0.05) is 69.5 Å². The van der Waals surface area contributed by atoms with E-state index in [1.807, 2.05) is 30.3 Å². The molecule has 3 aromatic carbocycles. The minimum Gasteiger partial charge on any atom is -0.483 e. The fraction of sp³-hybridized carbons (Fsp3) is 0.0870. The van der Waals surface area contributed by atoms with E-state index >= 15 is 0 Å². The van der Waals surface area contributed by atoms with Crippen LogP contribution in [-0.4, -0.2) is 24.6 Å². The number of amides is 2. The van der Waals surface area contributed by atoms with E-state index in [2.05, 4.69) is 31.8 Å². The van der Waals surface area contributed by atoms with Crippen molar-refractivity contribution in [1.82, 2.24) is 5.43 Å². The maximum Gasteiger partial charge on any atom is 0.262 e. The second-order valence-electron chi connectivity index (χ2n) is 6.60. The Labute approximate surface area is 203 Å². The first kappa shape index (κ1) is 23.8. The third kappa shape index (κ3) is 7.37. The molecule has 6 nitrogen and oxygen atoms in total. The van der Waals surface area contributed by atoms with E-state index in [-0.39, 0.29) is 24.8 Å². The van der Waals surface area contributed by atoms with Gasteiger partial charge < -0.3 is 10.1 Å². The van der Waals surface area contributed by atoms with Crippen molar-refractivity contribution in [2.24, 2.45) is 5.10 Å². The normalized spacial score (nSPS) is 10.7. The van der Waals surface area contributed by atoms with Gasteiger partial charge in [-0.25, -0.2) is 5.43 Å². The fourth-order valence-electron chi connectivity index (χ4n) is 2.66. The van der Waals surface area contributed by atoms with E-state index in [4.69, 9.17) is 27.9 Å². The molecule has 164 valence electrons. The lowest BCUT2D eigenvalue weighted by atomic mass is 10.1. The number of nitrogens with zero attached hydrogens (tertiary/aromatic N) is 1. The number of carbonyl (C=O) groups excluding carboxylic acids is 2. The van der Waals surface area contributed by atoms with Crippen molar-refractivity contribution in [3.05, 3.63) is 92.4 Å². The van der Waals surface area contributed by atoms with Gasteiger partial charge in [0.1, 0.15) is 5.75 Å². The van der Waals surface area contributed by atoms with Gasteiger partial charge in [-0.3, -0.25) is 9.59 Å². The van der Waals surface area contributed by atoms with Crippen molar-refractivity contribution in [2.75, 3.05) is 11.9 Å². The molecular weight excluding hydrogens is 517 g/mol. The third-order valence-electron chi connectivity index (χ3n) is 4.13. The van der Waals surface area contributed by atoms with Gasteiger partial charge >= 0.3 is 0 Å². The second kappa shape index (κ2) is 11.7. The number of carbonyl (C=O) groups is 2. The molecule has 3 aromatic rings. The van der Waals surface area contributed by atoms with Gasteiger partial charge in [-0.05, 0) is 42.0 Å². The maximum atomic E-state index is 12.2. The summed E-state index contributed by atoms with van der Waals surface area (Å²) in [7, 11) is 0. The quantitative estimate of drug-likeness (QED) is 0.297. The summed E-state index contributed by atoms with van der Waals surface area (Å²) in [5, 5.41) is 7.42. The van der Waals surface area contributed by atoms with Crippen molar-refractivity contribution >= 4 is 62.8 Å². The Kier molecular flexibility index (Phi) is 8.67. The van der Waals surface area contributed by atoms with Crippen LogP contribution in [0.3, 0.4) is 0 Å². The summed E-state index contributed by atoms with van der Waals surface area (Å²) in [5.41, 5.74) is 4.47. The summed E-state index contributed by atoms with van der Waals surface area (Å²) in [6.07, 6.45) is 1.68. The van der Waals surface area contributed by atoms with Crippen LogP contribution >= 0.6 is 39.1 Å². The number of halogens is 3. The minimum atomic E-state index is -0.370. The Bertz CT molecular complexity index is 1140. The summed E-state index contributed by atoms with van der Waals surface area (Å²) >= 11 is 15.2. The molecule has 0 saturated carbocycles. The molecule has 0 heterocycles. The number of anilines is 1. The lowest BCUT2D eigenvalue weighted by Gasteiger charge is -2.10. The summed E-state index contributed by atoms with van der Waals surface area (Å²) < 4.78 is 6.43. The summed E-state index contributed by atoms with van der Waals surface area (Å²) in [5.74, 6) is -0.185. The highest BCUT2D eigenvalue weighted by Crippen LogP contribution is 2.25. The molecule has 0 radical (unpaired) electrons. The molecular formula is C23H18BrCl2N3O3. The highest BCUT2D eigenvalue weighted by atomic mass is 79.9. The Morgan fingerprint density at radius 1 is 0.969 bits per heavy atom. The number of benzene rings is 3. The standard InChI is InChI=1S/C23H18BrCl2N3O3/c24-17-6-9-21(32-14-23(31)28-18-7-8-19(25)20(26)12-18)16(11-17)13-27-29-22(30)10-15-4-2-1-3-5-15/h1-9,11-13H,10,14H2,(H,28,31)(H,29,30)/b27-13+. The number of ether oxygens (including phenoxy) is 1. The van der Waals surface area contributed by atoms with Crippen LogP contribution in [0.4, 0.5) is 5.69 Å². The van der Waals surface area contributed by atoms with Crippen molar-refractivity contribution in [3.63, 3.8) is 0 Å². The number of hydrogen-bond acceptors (Lipinski definition) is 4. The van der Waals surface area contributed by atoms with Crippen LogP contribution in [-0.2, 0) is 16.0 Å². The Morgan fingerprint density at radius 2 is 1.75 bits per heavy atom. The third-order valence-corrected chi connectivity index (χ3v) is 5.37. The Hall–Kier alpha value is -2.87. The molecule has 2 amide bonds. The molecule has 0 fully saturated rings.